The first-order valence-electron chi connectivity index (χ1n) is 12.5. The number of hydrogen-bond acceptors (Lipinski definition) is 9. The van der Waals surface area contributed by atoms with Crippen molar-refractivity contribution in [3.63, 3.8) is 0 Å². The van der Waals surface area contributed by atoms with Crippen molar-refractivity contribution in [3.8, 4) is 0 Å². The van der Waals surface area contributed by atoms with Crippen molar-refractivity contribution in [2.75, 3.05) is 24.2 Å². The maximum absolute atomic E-state index is 10.4. The van der Waals surface area contributed by atoms with E-state index in [1.54, 1.807) is 23.4 Å². The fourth-order valence-corrected chi connectivity index (χ4v) is 4.52. The molecule has 1 aliphatic carbocycles. The van der Waals surface area contributed by atoms with Gasteiger partial charge in [-0.1, -0.05) is 66.4 Å². The number of anilines is 1. The molecule has 37 heavy (non-hydrogen) atoms. The van der Waals surface area contributed by atoms with Crippen LogP contribution in [0.25, 0.3) is 17.2 Å². The summed E-state index contributed by atoms with van der Waals surface area (Å²) in [7, 11) is 0. The first-order valence-corrected chi connectivity index (χ1v) is 13.5. The van der Waals surface area contributed by atoms with E-state index in [0.717, 1.165) is 18.6 Å². The summed E-state index contributed by atoms with van der Waals surface area (Å²) in [4.78, 5) is 18.8. The highest BCUT2D eigenvalue weighted by Gasteiger charge is 2.37. The molecule has 0 aliphatic heterocycles. The minimum atomic E-state index is -0.961. The standard InChI is InChI=1S/C22H28N6O2S.C3H7NO2/c1-2-14-31-22-24-20(23-13-7-6-10-15-8-4-3-5-9-15)18-21(25-22)28(27-26-18)16-11-12-17(29)19(16)30;1-2-4-3(5)6/h3-6,8-10,16-17,19,29-30H,2,7,11-14H2,1H3,(H,23,24,25);4H,2H2,1H3,(H,5,6)/b10-6+;/t16-,17-,19+;/m1./s1. The predicted molar refractivity (Wildman–Crippen MR) is 145 cm³/mol. The molecule has 11 nitrogen and oxygen atoms in total. The molecule has 2 heterocycles. The number of benzene rings is 1. The van der Waals surface area contributed by atoms with Crippen LogP contribution in [-0.4, -0.2) is 77.4 Å². The number of rotatable bonds is 10. The number of nitrogens with zero attached hydrogens (tertiary/aromatic N) is 5. The van der Waals surface area contributed by atoms with E-state index in [2.05, 4.69) is 62.1 Å². The molecule has 0 unspecified atom stereocenters. The number of nitrogens with one attached hydrogen (secondary N) is 2. The van der Waals surface area contributed by atoms with Gasteiger partial charge in [0.2, 0.25) is 0 Å². The van der Waals surface area contributed by atoms with E-state index in [9.17, 15) is 15.0 Å². The number of aliphatic hydroxyl groups excluding tert-OH is 2. The molecular formula is C25H35N7O4S. The summed E-state index contributed by atoms with van der Waals surface area (Å²) >= 11 is 1.59. The lowest BCUT2D eigenvalue weighted by molar-refractivity contribution is 0.0215. The molecule has 200 valence electrons. The Hall–Kier alpha value is -3.22. The summed E-state index contributed by atoms with van der Waals surface area (Å²) in [6, 6.07) is 9.86. The number of aliphatic hydroxyl groups is 2. The molecule has 3 aromatic rings. The van der Waals surface area contributed by atoms with E-state index >= 15 is 0 Å². The number of amides is 1. The van der Waals surface area contributed by atoms with Gasteiger partial charge in [-0.15, -0.1) is 5.10 Å². The molecule has 5 N–H and O–H groups in total. The first kappa shape index (κ1) is 28.4. The van der Waals surface area contributed by atoms with Crippen molar-refractivity contribution in [2.45, 2.75) is 62.9 Å². The van der Waals surface area contributed by atoms with Gasteiger partial charge in [0.25, 0.3) is 0 Å². The lowest BCUT2D eigenvalue weighted by atomic mass is 10.2. The van der Waals surface area contributed by atoms with Gasteiger partial charge in [-0.2, -0.15) is 0 Å². The number of carboxylic acid groups (broad SMARTS) is 1. The lowest BCUT2D eigenvalue weighted by Gasteiger charge is -2.16. The zero-order valence-electron chi connectivity index (χ0n) is 21.1. The topological polar surface area (TPSA) is 158 Å². The summed E-state index contributed by atoms with van der Waals surface area (Å²) in [5.41, 5.74) is 2.35. The van der Waals surface area contributed by atoms with Crippen molar-refractivity contribution in [2.24, 2.45) is 0 Å². The number of thioether (sulfide) groups is 1. The predicted octanol–water partition coefficient (Wildman–Crippen LogP) is 3.57. The second kappa shape index (κ2) is 14.5. The van der Waals surface area contributed by atoms with Gasteiger partial charge in [0, 0.05) is 18.8 Å². The SMILES string of the molecule is CCCSc1nc(NCC/C=C/c2ccccc2)c2nnn([C@@H]3CC[C@@H](O)[C@H]3O)c2n1.CCNC(=O)O. The maximum atomic E-state index is 10.4. The monoisotopic (exact) mass is 529 g/mol. The second-order valence-corrected chi connectivity index (χ2v) is 9.54. The largest absolute Gasteiger partial charge is 0.465 e. The maximum Gasteiger partial charge on any atom is 0.404 e. The first-order chi connectivity index (χ1) is 17.9. The molecule has 0 saturated heterocycles. The Morgan fingerprint density at radius 1 is 1.19 bits per heavy atom. The van der Waals surface area contributed by atoms with Crippen LogP contribution in [0.2, 0.25) is 0 Å². The van der Waals surface area contributed by atoms with Gasteiger partial charge >= 0.3 is 6.09 Å². The highest BCUT2D eigenvalue weighted by atomic mass is 32.2. The summed E-state index contributed by atoms with van der Waals surface area (Å²) in [5, 5.41) is 42.8. The molecule has 0 spiro atoms. The highest BCUT2D eigenvalue weighted by molar-refractivity contribution is 7.99. The van der Waals surface area contributed by atoms with Crippen LogP contribution in [0.1, 0.15) is 51.1 Å². The molecule has 0 bridgehead atoms. The molecule has 1 aromatic carbocycles. The van der Waals surface area contributed by atoms with Crippen LogP contribution in [0.4, 0.5) is 10.6 Å². The van der Waals surface area contributed by atoms with E-state index in [1.807, 2.05) is 18.2 Å². The number of aromatic nitrogens is 5. The third-order valence-corrected chi connectivity index (χ3v) is 6.69. The zero-order chi connectivity index (χ0) is 26.6. The highest BCUT2D eigenvalue weighted by Crippen LogP contribution is 2.33. The third kappa shape index (κ3) is 8.14. The minimum absolute atomic E-state index is 0.333. The van der Waals surface area contributed by atoms with Crippen molar-refractivity contribution in [1.29, 1.82) is 0 Å². The Morgan fingerprint density at radius 3 is 2.59 bits per heavy atom. The van der Waals surface area contributed by atoms with Crippen LogP contribution < -0.4 is 10.6 Å². The van der Waals surface area contributed by atoms with Gasteiger partial charge in [-0.05, 0) is 38.2 Å². The minimum Gasteiger partial charge on any atom is -0.465 e. The van der Waals surface area contributed by atoms with Gasteiger partial charge in [0.15, 0.2) is 22.1 Å². The fourth-order valence-electron chi connectivity index (χ4n) is 3.83. The molecule has 12 heteroatoms. The summed E-state index contributed by atoms with van der Waals surface area (Å²) < 4.78 is 1.65. The van der Waals surface area contributed by atoms with Crippen LogP contribution >= 0.6 is 11.8 Å². The average Bonchev–Trinajstić information content (AvgIpc) is 3.46. The summed E-state index contributed by atoms with van der Waals surface area (Å²) in [6.07, 6.45) is 4.68. The molecule has 1 amide bonds. The molecular weight excluding hydrogens is 494 g/mol. The van der Waals surface area contributed by atoms with Gasteiger partial charge in [-0.25, -0.2) is 19.4 Å². The van der Waals surface area contributed by atoms with E-state index in [1.165, 1.54) is 5.56 Å². The van der Waals surface area contributed by atoms with E-state index in [0.29, 0.717) is 48.1 Å². The van der Waals surface area contributed by atoms with Gasteiger partial charge in [-0.3, -0.25) is 0 Å². The smallest absolute Gasteiger partial charge is 0.404 e. The Bertz CT molecular complexity index is 1160. The van der Waals surface area contributed by atoms with Crippen LogP contribution in [0.5, 0.6) is 0 Å². The van der Waals surface area contributed by atoms with E-state index in [-0.39, 0.29) is 6.04 Å². The molecule has 0 radical (unpaired) electrons. The fraction of sp³-hybridized carbons (Fsp3) is 0.480. The third-order valence-electron chi connectivity index (χ3n) is 5.64. The van der Waals surface area contributed by atoms with Crippen molar-refractivity contribution in [3.05, 3.63) is 42.0 Å². The van der Waals surface area contributed by atoms with Crippen molar-refractivity contribution >= 4 is 40.9 Å². The molecule has 1 saturated carbocycles. The van der Waals surface area contributed by atoms with Crippen LogP contribution in [0.3, 0.4) is 0 Å². The molecule has 4 rings (SSSR count). The number of fused-ring (bicyclic) bond motifs is 1. The zero-order valence-corrected chi connectivity index (χ0v) is 21.9. The quantitative estimate of drug-likeness (QED) is 0.149. The number of carbonyl (C=O) groups is 1. The Balaban J connectivity index is 0.000000568. The Morgan fingerprint density at radius 2 is 1.97 bits per heavy atom. The normalized spacial score (nSPS) is 19.1. The Labute approximate surface area is 220 Å². The number of hydrogen-bond donors (Lipinski definition) is 5. The summed E-state index contributed by atoms with van der Waals surface area (Å²) in [6.45, 7) is 5.03. The van der Waals surface area contributed by atoms with Gasteiger partial charge in [0.05, 0.1) is 12.1 Å². The molecule has 1 aliphatic rings. The van der Waals surface area contributed by atoms with Gasteiger partial charge < -0.3 is 26.0 Å². The Kier molecular flexibility index (Phi) is 11.1. The van der Waals surface area contributed by atoms with Crippen molar-refractivity contribution < 1.29 is 20.1 Å². The van der Waals surface area contributed by atoms with Gasteiger partial charge in [0.1, 0.15) is 6.10 Å². The van der Waals surface area contributed by atoms with Crippen molar-refractivity contribution in [1.82, 2.24) is 30.3 Å². The lowest BCUT2D eigenvalue weighted by Crippen LogP contribution is -2.28. The van der Waals surface area contributed by atoms with Crippen LogP contribution in [0.15, 0.2) is 41.6 Å². The molecule has 3 atom stereocenters. The van der Waals surface area contributed by atoms with Crippen LogP contribution in [0, 0.1) is 0 Å². The summed E-state index contributed by atoms with van der Waals surface area (Å²) in [5.74, 6) is 1.56. The van der Waals surface area contributed by atoms with Crippen LogP contribution in [-0.2, 0) is 0 Å². The second-order valence-electron chi connectivity index (χ2n) is 8.48. The molecule has 2 aromatic heterocycles. The van der Waals surface area contributed by atoms with E-state index < -0.39 is 18.3 Å². The molecule has 1 fully saturated rings. The average molecular weight is 530 g/mol. The van der Waals surface area contributed by atoms with E-state index in [4.69, 9.17) is 5.11 Å².